The third-order valence-corrected chi connectivity index (χ3v) is 2.67. The van der Waals surface area contributed by atoms with E-state index in [4.69, 9.17) is 23.7 Å². The summed E-state index contributed by atoms with van der Waals surface area (Å²) in [5.41, 5.74) is 0. The molecular formula is C10H20O6. The maximum absolute atomic E-state index is 10.2. The molecule has 0 aliphatic carbocycles. The van der Waals surface area contributed by atoms with Gasteiger partial charge in [-0.2, -0.15) is 0 Å². The Morgan fingerprint density at radius 2 is 1.81 bits per heavy atom. The maximum atomic E-state index is 10.2. The number of rotatable bonds is 6. The van der Waals surface area contributed by atoms with Gasteiger partial charge < -0.3 is 28.8 Å². The van der Waals surface area contributed by atoms with Crippen LogP contribution in [-0.4, -0.2) is 70.9 Å². The molecule has 1 rings (SSSR count). The van der Waals surface area contributed by atoms with Gasteiger partial charge in [0.25, 0.3) is 0 Å². The molecule has 0 aromatic heterocycles. The highest BCUT2D eigenvalue weighted by atomic mass is 16.7. The van der Waals surface area contributed by atoms with Crippen LogP contribution in [0.5, 0.6) is 0 Å². The fourth-order valence-corrected chi connectivity index (χ4v) is 2.06. The molecule has 1 saturated heterocycles. The lowest BCUT2D eigenvalue weighted by Crippen LogP contribution is -2.48. The number of hydrogen-bond acceptors (Lipinski definition) is 6. The number of methoxy groups -OCH3 is 4. The van der Waals surface area contributed by atoms with E-state index in [0.29, 0.717) is 6.61 Å². The molecule has 0 aromatic rings. The van der Waals surface area contributed by atoms with Crippen LogP contribution in [0.2, 0.25) is 0 Å². The summed E-state index contributed by atoms with van der Waals surface area (Å²) in [6.45, 7) is 0.343. The van der Waals surface area contributed by atoms with E-state index >= 15 is 0 Å². The minimum absolute atomic E-state index is 0.0194. The van der Waals surface area contributed by atoms with E-state index in [2.05, 4.69) is 0 Å². The summed E-state index contributed by atoms with van der Waals surface area (Å²) in [6.07, 6.45) is -1.36. The highest BCUT2D eigenvalue weighted by Crippen LogP contribution is 2.33. The zero-order chi connectivity index (χ0) is 12.2. The van der Waals surface area contributed by atoms with Gasteiger partial charge in [0.1, 0.15) is 24.9 Å². The van der Waals surface area contributed by atoms with Crippen LogP contribution in [0.4, 0.5) is 0 Å². The van der Waals surface area contributed by atoms with Crippen molar-refractivity contribution in [2.24, 2.45) is 0 Å². The Balaban J connectivity index is 2.80. The standard InChI is InChI=1S/C10H20O6/c1-12-5-7-8(14-3)9(15-4)10(11,16-7)6-13-2/h7-9,11H,5-6H2,1-4H3/t7-,8-,9+,10-/m1/s1. The summed E-state index contributed by atoms with van der Waals surface area (Å²) in [5, 5.41) is 10.2. The van der Waals surface area contributed by atoms with Crippen LogP contribution in [0.3, 0.4) is 0 Å². The van der Waals surface area contributed by atoms with Crippen LogP contribution < -0.4 is 0 Å². The lowest BCUT2D eigenvalue weighted by Gasteiger charge is -2.27. The number of hydrogen-bond donors (Lipinski definition) is 1. The zero-order valence-corrected chi connectivity index (χ0v) is 10.1. The zero-order valence-electron chi connectivity index (χ0n) is 10.1. The van der Waals surface area contributed by atoms with Gasteiger partial charge in [-0.3, -0.25) is 0 Å². The van der Waals surface area contributed by atoms with Crippen LogP contribution in [0.1, 0.15) is 0 Å². The first-order chi connectivity index (χ1) is 7.62. The lowest BCUT2D eigenvalue weighted by atomic mass is 10.1. The molecule has 1 aliphatic heterocycles. The Morgan fingerprint density at radius 1 is 1.12 bits per heavy atom. The number of aliphatic hydroxyl groups is 1. The summed E-state index contributed by atoms with van der Waals surface area (Å²) in [4.78, 5) is 0. The Bertz CT molecular complexity index is 211. The molecular weight excluding hydrogens is 216 g/mol. The topological polar surface area (TPSA) is 66.4 Å². The second kappa shape index (κ2) is 5.90. The Kier molecular flexibility index (Phi) is 5.10. The maximum Gasteiger partial charge on any atom is 0.219 e. The smallest absolute Gasteiger partial charge is 0.219 e. The molecule has 0 spiro atoms. The highest BCUT2D eigenvalue weighted by Gasteiger charge is 2.55. The Hall–Kier alpha value is -0.240. The van der Waals surface area contributed by atoms with Crippen molar-refractivity contribution >= 4 is 0 Å². The average molecular weight is 236 g/mol. The molecule has 6 nitrogen and oxygen atoms in total. The fourth-order valence-electron chi connectivity index (χ4n) is 2.06. The monoisotopic (exact) mass is 236 g/mol. The predicted octanol–water partition coefficient (Wildman–Crippen LogP) is -0.603. The van der Waals surface area contributed by atoms with Gasteiger partial charge >= 0.3 is 0 Å². The van der Waals surface area contributed by atoms with Crippen LogP contribution in [-0.2, 0) is 23.7 Å². The minimum Gasteiger partial charge on any atom is -0.382 e. The first-order valence-corrected chi connectivity index (χ1v) is 5.06. The van der Waals surface area contributed by atoms with E-state index in [0.717, 1.165) is 0 Å². The number of ether oxygens (including phenoxy) is 5. The van der Waals surface area contributed by atoms with E-state index in [9.17, 15) is 5.11 Å². The summed E-state index contributed by atoms with van der Waals surface area (Å²) in [6, 6.07) is 0. The van der Waals surface area contributed by atoms with Gasteiger partial charge in [0, 0.05) is 28.4 Å². The minimum atomic E-state index is -1.49. The molecule has 1 N–H and O–H groups in total. The molecule has 1 fully saturated rings. The molecule has 1 aliphatic rings. The van der Waals surface area contributed by atoms with Gasteiger partial charge in [0.2, 0.25) is 5.79 Å². The molecule has 4 atom stereocenters. The van der Waals surface area contributed by atoms with Crippen LogP contribution in [0.25, 0.3) is 0 Å². The van der Waals surface area contributed by atoms with Crippen molar-refractivity contribution in [3.63, 3.8) is 0 Å². The Morgan fingerprint density at radius 3 is 2.25 bits per heavy atom. The molecule has 0 aromatic carbocycles. The molecule has 1 heterocycles. The first-order valence-electron chi connectivity index (χ1n) is 5.06. The quantitative estimate of drug-likeness (QED) is 0.664. The van der Waals surface area contributed by atoms with Gasteiger partial charge in [-0.15, -0.1) is 0 Å². The van der Waals surface area contributed by atoms with E-state index < -0.39 is 11.9 Å². The molecule has 0 saturated carbocycles. The molecule has 96 valence electrons. The average Bonchev–Trinajstić information content (AvgIpc) is 2.51. The predicted molar refractivity (Wildman–Crippen MR) is 55.2 cm³/mol. The van der Waals surface area contributed by atoms with E-state index in [1.807, 2.05) is 0 Å². The third kappa shape index (κ3) is 2.53. The van der Waals surface area contributed by atoms with Crippen molar-refractivity contribution in [2.45, 2.75) is 24.1 Å². The molecule has 0 radical (unpaired) electrons. The van der Waals surface area contributed by atoms with Gasteiger partial charge in [-0.1, -0.05) is 0 Å². The molecule has 0 amide bonds. The summed E-state index contributed by atoms with van der Waals surface area (Å²) in [5.74, 6) is -1.49. The van der Waals surface area contributed by atoms with Crippen molar-refractivity contribution in [2.75, 3.05) is 41.7 Å². The van der Waals surface area contributed by atoms with Crippen LogP contribution in [0, 0.1) is 0 Å². The van der Waals surface area contributed by atoms with E-state index in [-0.39, 0.29) is 18.8 Å². The van der Waals surface area contributed by atoms with Crippen molar-refractivity contribution in [3.8, 4) is 0 Å². The molecule has 6 heteroatoms. The second-order valence-corrected chi connectivity index (χ2v) is 3.75. The van der Waals surface area contributed by atoms with Crippen molar-refractivity contribution in [1.82, 2.24) is 0 Å². The van der Waals surface area contributed by atoms with Gasteiger partial charge in [0.15, 0.2) is 0 Å². The Labute approximate surface area is 95.4 Å². The third-order valence-electron chi connectivity index (χ3n) is 2.67. The molecule has 0 bridgehead atoms. The normalized spacial score (nSPS) is 39.2. The van der Waals surface area contributed by atoms with Gasteiger partial charge in [-0.05, 0) is 0 Å². The van der Waals surface area contributed by atoms with Crippen molar-refractivity contribution < 1.29 is 28.8 Å². The highest BCUT2D eigenvalue weighted by molar-refractivity contribution is 4.97. The summed E-state index contributed by atoms with van der Waals surface area (Å²) in [7, 11) is 6.09. The van der Waals surface area contributed by atoms with Gasteiger partial charge in [-0.25, -0.2) is 0 Å². The SMILES string of the molecule is COC[C@H]1O[C@](O)(COC)[C@@H](OC)[C@@H]1OC. The lowest BCUT2D eigenvalue weighted by molar-refractivity contribution is -0.256. The first kappa shape index (κ1) is 13.8. The van der Waals surface area contributed by atoms with Crippen molar-refractivity contribution in [3.05, 3.63) is 0 Å². The second-order valence-electron chi connectivity index (χ2n) is 3.75. The summed E-state index contributed by atoms with van der Waals surface area (Å²) < 4.78 is 25.9. The largest absolute Gasteiger partial charge is 0.382 e. The van der Waals surface area contributed by atoms with Crippen LogP contribution in [0.15, 0.2) is 0 Å². The fraction of sp³-hybridized carbons (Fsp3) is 1.00. The van der Waals surface area contributed by atoms with Gasteiger partial charge in [0.05, 0.1) is 6.61 Å². The summed E-state index contributed by atoms with van der Waals surface area (Å²) >= 11 is 0. The van der Waals surface area contributed by atoms with Crippen LogP contribution >= 0.6 is 0 Å². The van der Waals surface area contributed by atoms with E-state index in [1.165, 1.54) is 14.2 Å². The van der Waals surface area contributed by atoms with E-state index in [1.54, 1.807) is 14.2 Å². The molecule has 16 heavy (non-hydrogen) atoms. The van der Waals surface area contributed by atoms with Crippen molar-refractivity contribution in [1.29, 1.82) is 0 Å². The molecule has 0 unspecified atom stereocenters.